The molecule has 15 heavy (non-hydrogen) atoms. The molecule has 1 rings (SSSR count). The van der Waals surface area contributed by atoms with E-state index < -0.39 is 6.61 Å². The van der Waals surface area contributed by atoms with Gasteiger partial charge in [-0.15, -0.1) is 0 Å². The van der Waals surface area contributed by atoms with Gasteiger partial charge in [-0.2, -0.15) is 0 Å². The predicted molar refractivity (Wildman–Crippen MR) is 58.1 cm³/mol. The van der Waals surface area contributed by atoms with Crippen LogP contribution in [0.5, 0.6) is 5.75 Å². The minimum Gasteiger partial charge on any atom is -0.493 e. The Morgan fingerprint density at radius 1 is 1.40 bits per heavy atom. The van der Waals surface area contributed by atoms with Crippen LogP contribution in [0.1, 0.15) is 17.5 Å². The molecule has 0 atom stereocenters. The molecule has 0 bridgehead atoms. The third kappa shape index (κ3) is 3.72. The van der Waals surface area contributed by atoms with Gasteiger partial charge in [-0.3, -0.25) is 4.79 Å². The predicted octanol–water partition coefficient (Wildman–Crippen LogP) is 1.63. The van der Waals surface area contributed by atoms with Gasteiger partial charge in [0.15, 0.2) is 5.78 Å². The van der Waals surface area contributed by atoms with Gasteiger partial charge in [0.25, 0.3) is 0 Å². The third-order valence-corrected chi connectivity index (χ3v) is 2.15. The fourth-order valence-electron chi connectivity index (χ4n) is 1.32. The quantitative estimate of drug-likeness (QED) is 0.800. The SMILES string of the molecule is Cc1ccc(OCCC(=O)CO)c(C)c1. The average molecular weight is 208 g/mol. The molecule has 1 N–H and O–H groups in total. The molecule has 0 heterocycles. The van der Waals surface area contributed by atoms with Crippen molar-refractivity contribution >= 4 is 5.78 Å². The van der Waals surface area contributed by atoms with Gasteiger partial charge < -0.3 is 9.84 Å². The zero-order valence-corrected chi connectivity index (χ0v) is 9.12. The lowest BCUT2D eigenvalue weighted by Gasteiger charge is -2.08. The maximum absolute atomic E-state index is 10.8. The Kier molecular flexibility index (Phi) is 4.31. The monoisotopic (exact) mass is 208 g/mol. The largest absolute Gasteiger partial charge is 0.493 e. The molecule has 0 amide bonds. The first-order valence-corrected chi connectivity index (χ1v) is 4.96. The van der Waals surface area contributed by atoms with E-state index in [1.807, 2.05) is 32.0 Å². The van der Waals surface area contributed by atoms with Crippen LogP contribution in [0.25, 0.3) is 0 Å². The summed E-state index contributed by atoms with van der Waals surface area (Å²) in [5, 5.41) is 8.52. The lowest BCUT2D eigenvalue weighted by molar-refractivity contribution is -0.122. The Morgan fingerprint density at radius 2 is 2.13 bits per heavy atom. The molecule has 1 aromatic rings. The van der Waals surface area contributed by atoms with E-state index in [2.05, 4.69) is 0 Å². The van der Waals surface area contributed by atoms with Crippen molar-refractivity contribution in [3.05, 3.63) is 29.3 Å². The molecule has 0 aliphatic rings. The Morgan fingerprint density at radius 3 is 2.73 bits per heavy atom. The van der Waals surface area contributed by atoms with Crippen molar-refractivity contribution in [2.45, 2.75) is 20.3 Å². The van der Waals surface area contributed by atoms with Crippen molar-refractivity contribution in [1.82, 2.24) is 0 Å². The van der Waals surface area contributed by atoms with Gasteiger partial charge in [0.05, 0.1) is 6.61 Å². The summed E-state index contributed by atoms with van der Waals surface area (Å²) >= 11 is 0. The normalized spacial score (nSPS) is 10.1. The van der Waals surface area contributed by atoms with Crippen LogP contribution in [-0.2, 0) is 4.79 Å². The number of aliphatic hydroxyl groups excluding tert-OH is 1. The number of benzene rings is 1. The molecule has 0 spiro atoms. The summed E-state index contributed by atoms with van der Waals surface area (Å²) in [7, 11) is 0. The Balaban J connectivity index is 2.47. The van der Waals surface area contributed by atoms with Crippen molar-refractivity contribution in [2.75, 3.05) is 13.2 Å². The molecule has 3 nitrogen and oxygen atoms in total. The van der Waals surface area contributed by atoms with Crippen LogP contribution in [0, 0.1) is 13.8 Å². The van der Waals surface area contributed by atoms with Crippen molar-refractivity contribution in [3.8, 4) is 5.75 Å². The van der Waals surface area contributed by atoms with Crippen molar-refractivity contribution in [1.29, 1.82) is 0 Å². The highest BCUT2D eigenvalue weighted by Gasteiger charge is 2.02. The maximum Gasteiger partial charge on any atom is 0.161 e. The molecular weight excluding hydrogens is 192 g/mol. The molecule has 1 aromatic carbocycles. The molecule has 3 heteroatoms. The number of Topliss-reactive ketones (excluding diaryl/α,β-unsaturated/α-hetero) is 1. The summed E-state index contributed by atoms with van der Waals surface area (Å²) in [5.74, 6) is 0.603. The molecule has 0 saturated heterocycles. The number of aryl methyl sites for hydroxylation is 2. The number of hydrogen-bond acceptors (Lipinski definition) is 3. The highest BCUT2D eigenvalue weighted by atomic mass is 16.5. The zero-order valence-electron chi connectivity index (χ0n) is 9.12. The number of carbonyl (C=O) groups is 1. The summed E-state index contributed by atoms with van der Waals surface area (Å²) < 4.78 is 5.43. The molecular formula is C12H16O3. The maximum atomic E-state index is 10.8. The summed E-state index contributed by atoms with van der Waals surface area (Å²) in [6.45, 7) is 3.90. The molecule has 0 saturated carbocycles. The van der Waals surface area contributed by atoms with Gasteiger partial charge in [-0.1, -0.05) is 17.7 Å². The zero-order chi connectivity index (χ0) is 11.3. The number of aliphatic hydroxyl groups is 1. The molecule has 82 valence electrons. The molecule has 0 unspecified atom stereocenters. The molecule has 0 aromatic heterocycles. The average Bonchev–Trinajstić information content (AvgIpc) is 2.21. The van der Waals surface area contributed by atoms with Crippen molar-refractivity contribution < 1.29 is 14.6 Å². The van der Waals surface area contributed by atoms with E-state index in [-0.39, 0.29) is 12.2 Å². The Hall–Kier alpha value is -1.35. The molecule has 0 fully saturated rings. The second-order valence-electron chi connectivity index (χ2n) is 3.56. The highest BCUT2D eigenvalue weighted by Crippen LogP contribution is 2.18. The van der Waals surface area contributed by atoms with E-state index in [1.54, 1.807) is 0 Å². The number of rotatable bonds is 5. The number of hydrogen-bond donors (Lipinski definition) is 1. The fraction of sp³-hybridized carbons (Fsp3) is 0.417. The lowest BCUT2D eigenvalue weighted by atomic mass is 10.1. The number of ketones is 1. The van der Waals surface area contributed by atoms with E-state index in [1.165, 1.54) is 5.56 Å². The highest BCUT2D eigenvalue weighted by molar-refractivity contribution is 5.79. The number of carbonyl (C=O) groups excluding carboxylic acids is 1. The van der Waals surface area contributed by atoms with Crippen LogP contribution in [-0.4, -0.2) is 24.1 Å². The first-order chi connectivity index (χ1) is 7.13. The van der Waals surface area contributed by atoms with Crippen LogP contribution >= 0.6 is 0 Å². The minimum atomic E-state index is -0.407. The van der Waals surface area contributed by atoms with E-state index in [0.29, 0.717) is 6.61 Å². The summed E-state index contributed by atoms with van der Waals surface area (Å²) in [5.41, 5.74) is 2.25. The van der Waals surface area contributed by atoms with E-state index >= 15 is 0 Å². The van der Waals surface area contributed by atoms with Crippen LogP contribution in [0.4, 0.5) is 0 Å². The topological polar surface area (TPSA) is 46.5 Å². The van der Waals surface area contributed by atoms with Crippen molar-refractivity contribution in [3.63, 3.8) is 0 Å². The second kappa shape index (κ2) is 5.51. The Bertz CT molecular complexity index is 345. The van der Waals surface area contributed by atoms with Crippen LogP contribution in [0.3, 0.4) is 0 Å². The fourth-order valence-corrected chi connectivity index (χ4v) is 1.32. The van der Waals surface area contributed by atoms with Crippen LogP contribution in [0.2, 0.25) is 0 Å². The van der Waals surface area contributed by atoms with Gasteiger partial charge in [-0.25, -0.2) is 0 Å². The molecule has 0 aliphatic heterocycles. The summed E-state index contributed by atoms with van der Waals surface area (Å²) in [6.07, 6.45) is 0.254. The van der Waals surface area contributed by atoms with E-state index in [0.717, 1.165) is 11.3 Å². The van der Waals surface area contributed by atoms with Gasteiger partial charge in [0.1, 0.15) is 12.4 Å². The first-order valence-electron chi connectivity index (χ1n) is 4.96. The molecule has 0 aliphatic carbocycles. The van der Waals surface area contributed by atoms with Gasteiger partial charge >= 0.3 is 0 Å². The van der Waals surface area contributed by atoms with Crippen LogP contribution in [0.15, 0.2) is 18.2 Å². The Labute approximate surface area is 89.7 Å². The summed E-state index contributed by atoms with van der Waals surface area (Å²) in [6, 6.07) is 5.90. The molecule has 0 radical (unpaired) electrons. The van der Waals surface area contributed by atoms with Gasteiger partial charge in [-0.05, 0) is 25.5 Å². The second-order valence-corrected chi connectivity index (χ2v) is 3.56. The third-order valence-electron chi connectivity index (χ3n) is 2.15. The lowest BCUT2D eigenvalue weighted by Crippen LogP contribution is -2.09. The number of ether oxygens (including phenoxy) is 1. The van der Waals surface area contributed by atoms with E-state index in [9.17, 15) is 4.79 Å². The van der Waals surface area contributed by atoms with Gasteiger partial charge in [0, 0.05) is 6.42 Å². The van der Waals surface area contributed by atoms with Gasteiger partial charge in [0.2, 0.25) is 0 Å². The van der Waals surface area contributed by atoms with E-state index in [4.69, 9.17) is 9.84 Å². The van der Waals surface area contributed by atoms with Crippen LogP contribution < -0.4 is 4.74 Å². The minimum absolute atomic E-state index is 0.195. The smallest absolute Gasteiger partial charge is 0.161 e. The standard InChI is InChI=1S/C12H16O3/c1-9-3-4-12(10(2)7-9)15-6-5-11(14)8-13/h3-4,7,13H,5-6,8H2,1-2H3. The van der Waals surface area contributed by atoms with Crippen molar-refractivity contribution in [2.24, 2.45) is 0 Å². The summed E-state index contributed by atoms with van der Waals surface area (Å²) in [4.78, 5) is 10.8. The first kappa shape index (κ1) is 11.7.